The molecule has 0 radical (unpaired) electrons. The van der Waals surface area contributed by atoms with Crippen LogP contribution in [0.5, 0.6) is 5.75 Å². The molecule has 0 saturated heterocycles. The first-order valence-corrected chi connectivity index (χ1v) is 8.85. The average molecular weight is 369 g/mol. The quantitative estimate of drug-likeness (QED) is 0.204. The number of amidine groups is 1. The number of aromatic nitrogens is 1. The van der Waals surface area contributed by atoms with E-state index >= 15 is 0 Å². The zero-order chi connectivity index (χ0) is 19.2. The van der Waals surface area contributed by atoms with Crippen molar-refractivity contribution >= 4 is 28.1 Å². The van der Waals surface area contributed by atoms with Gasteiger partial charge in [-0.15, -0.1) is 10.2 Å². The van der Waals surface area contributed by atoms with E-state index in [2.05, 4.69) is 25.7 Å². The minimum Gasteiger partial charge on any atom is -0.494 e. The smallest absolute Gasteiger partial charge is 0.203 e. The van der Waals surface area contributed by atoms with Crippen LogP contribution in [0, 0.1) is 0 Å². The van der Waals surface area contributed by atoms with Crippen molar-refractivity contribution in [2.24, 2.45) is 15.3 Å². The molecular weight excluding hydrogens is 350 g/mol. The van der Waals surface area contributed by atoms with Gasteiger partial charge in [0, 0.05) is 22.7 Å². The van der Waals surface area contributed by atoms with Gasteiger partial charge in [-0.2, -0.15) is 5.10 Å². The number of hydrogen-bond donors (Lipinski definition) is 2. The Hall–Kier alpha value is -3.93. The lowest BCUT2D eigenvalue weighted by molar-refractivity contribution is 0.416. The molecule has 0 aliphatic carbocycles. The largest absolute Gasteiger partial charge is 0.494 e. The SMILES string of the molecule is COc1ccccc1N=NC(=NNc1ccccc1)c1c[nH]c2ccccc12. The molecule has 6 heteroatoms. The lowest BCUT2D eigenvalue weighted by atomic mass is 10.1. The van der Waals surface area contributed by atoms with Crippen LogP contribution in [0.3, 0.4) is 0 Å². The Morgan fingerprint density at radius 3 is 2.50 bits per heavy atom. The van der Waals surface area contributed by atoms with Crippen molar-refractivity contribution in [1.82, 2.24) is 4.98 Å². The Labute approximate surface area is 162 Å². The van der Waals surface area contributed by atoms with E-state index in [9.17, 15) is 0 Å². The standard InChI is InChI=1S/C22H19N5O/c1-28-21-14-8-7-13-20(21)25-27-22(26-24-16-9-3-2-4-10-16)18-15-23-19-12-6-5-11-17(18)19/h2-15,23-24H,1H3. The number of hydrogen-bond acceptors (Lipinski definition) is 4. The van der Waals surface area contributed by atoms with E-state index in [1.807, 2.05) is 85.1 Å². The molecular formula is C22H19N5O. The van der Waals surface area contributed by atoms with Crippen LogP contribution < -0.4 is 10.2 Å². The normalized spacial score (nSPS) is 11.8. The van der Waals surface area contributed by atoms with Crippen molar-refractivity contribution in [2.75, 3.05) is 12.5 Å². The number of anilines is 1. The van der Waals surface area contributed by atoms with Crippen LogP contribution >= 0.6 is 0 Å². The number of hydrazone groups is 1. The molecule has 0 saturated carbocycles. The van der Waals surface area contributed by atoms with Crippen LogP contribution in [-0.2, 0) is 0 Å². The molecule has 0 fully saturated rings. The van der Waals surface area contributed by atoms with Gasteiger partial charge in [-0.05, 0) is 30.3 Å². The molecule has 0 atom stereocenters. The Morgan fingerprint density at radius 2 is 1.64 bits per heavy atom. The first kappa shape index (κ1) is 17.5. The van der Waals surface area contributed by atoms with Crippen LogP contribution in [-0.4, -0.2) is 17.9 Å². The maximum atomic E-state index is 5.35. The maximum absolute atomic E-state index is 5.35. The predicted molar refractivity (Wildman–Crippen MR) is 112 cm³/mol. The highest BCUT2D eigenvalue weighted by Crippen LogP contribution is 2.27. The van der Waals surface area contributed by atoms with Crippen LogP contribution in [0.1, 0.15) is 5.56 Å². The number of para-hydroxylation sites is 3. The van der Waals surface area contributed by atoms with Crippen molar-refractivity contribution in [1.29, 1.82) is 0 Å². The minimum absolute atomic E-state index is 0.465. The third-order valence-corrected chi connectivity index (χ3v) is 4.23. The number of aromatic amines is 1. The summed E-state index contributed by atoms with van der Waals surface area (Å²) in [7, 11) is 1.61. The monoisotopic (exact) mass is 369 g/mol. The summed E-state index contributed by atoms with van der Waals surface area (Å²) in [6.45, 7) is 0. The van der Waals surface area contributed by atoms with Crippen LogP contribution in [0.4, 0.5) is 11.4 Å². The molecule has 2 N–H and O–H groups in total. The van der Waals surface area contributed by atoms with Gasteiger partial charge in [0.1, 0.15) is 11.4 Å². The third-order valence-electron chi connectivity index (χ3n) is 4.23. The number of methoxy groups -OCH3 is 1. The lowest BCUT2D eigenvalue weighted by Gasteiger charge is -2.04. The molecule has 1 heterocycles. The number of rotatable bonds is 5. The number of nitrogens with one attached hydrogen (secondary N) is 2. The van der Waals surface area contributed by atoms with Gasteiger partial charge >= 0.3 is 0 Å². The number of H-pyrrole nitrogens is 1. The van der Waals surface area contributed by atoms with E-state index in [0.29, 0.717) is 17.3 Å². The maximum Gasteiger partial charge on any atom is 0.203 e. The zero-order valence-electron chi connectivity index (χ0n) is 15.3. The third kappa shape index (κ3) is 3.76. The van der Waals surface area contributed by atoms with Crippen molar-refractivity contribution < 1.29 is 4.74 Å². The van der Waals surface area contributed by atoms with Gasteiger partial charge in [0.15, 0.2) is 0 Å². The Balaban J connectivity index is 1.74. The fraction of sp³-hybridized carbons (Fsp3) is 0.0455. The number of azo groups is 1. The number of benzene rings is 3. The summed E-state index contributed by atoms with van der Waals surface area (Å²) in [6, 6.07) is 25.2. The molecule has 0 bridgehead atoms. The van der Waals surface area contributed by atoms with Gasteiger partial charge in [-0.25, -0.2) is 0 Å². The Bertz CT molecular complexity index is 1130. The summed E-state index contributed by atoms with van der Waals surface area (Å²) < 4.78 is 5.35. The topological polar surface area (TPSA) is 74.1 Å². The average Bonchev–Trinajstić information content (AvgIpc) is 3.19. The molecule has 0 aliphatic rings. The van der Waals surface area contributed by atoms with Crippen LogP contribution in [0.25, 0.3) is 10.9 Å². The summed E-state index contributed by atoms with van der Waals surface area (Å²) in [4.78, 5) is 3.25. The molecule has 4 aromatic rings. The Morgan fingerprint density at radius 1 is 0.893 bits per heavy atom. The summed E-state index contributed by atoms with van der Waals surface area (Å²) >= 11 is 0. The highest BCUT2D eigenvalue weighted by molar-refractivity contribution is 6.10. The van der Waals surface area contributed by atoms with Crippen molar-refractivity contribution in [2.45, 2.75) is 0 Å². The molecule has 138 valence electrons. The van der Waals surface area contributed by atoms with E-state index in [1.165, 1.54) is 0 Å². The zero-order valence-corrected chi connectivity index (χ0v) is 15.3. The summed E-state index contributed by atoms with van der Waals surface area (Å²) in [6.07, 6.45) is 1.89. The van der Waals surface area contributed by atoms with E-state index in [1.54, 1.807) is 7.11 Å². The van der Waals surface area contributed by atoms with E-state index < -0.39 is 0 Å². The van der Waals surface area contributed by atoms with Gasteiger partial charge in [0.05, 0.1) is 12.8 Å². The van der Waals surface area contributed by atoms with Gasteiger partial charge in [0.25, 0.3) is 0 Å². The molecule has 6 nitrogen and oxygen atoms in total. The first-order chi connectivity index (χ1) is 13.8. The van der Waals surface area contributed by atoms with E-state index in [4.69, 9.17) is 4.74 Å². The summed E-state index contributed by atoms with van der Waals surface area (Å²) in [5, 5.41) is 14.3. The fourth-order valence-corrected chi connectivity index (χ4v) is 2.84. The minimum atomic E-state index is 0.465. The molecule has 0 aliphatic heterocycles. The predicted octanol–water partition coefficient (Wildman–Crippen LogP) is 5.73. The van der Waals surface area contributed by atoms with E-state index in [0.717, 1.165) is 22.2 Å². The molecule has 0 unspecified atom stereocenters. The van der Waals surface area contributed by atoms with Crippen LogP contribution in [0.2, 0.25) is 0 Å². The molecule has 28 heavy (non-hydrogen) atoms. The second-order valence-corrected chi connectivity index (χ2v) is 6.03. The highest BCUT2D eigenvalue weighted by atomic mass is 16.5. The van der Waals surface area contributed by atoms with Gasteiger partial charge in [-0.3, -0.25) is 5.43 Å². The molecule has 4 rings (SSSR count). The molecule has 0 amide bonds. The molecule has 3 aromatic carbocycles. The fourth-order valence-electron chi connectivity index (χ4n) is 2.84. The second-order valence-electron chi connectivity index (χ2n) is 6.03. The second kappa shape index (κ2) is 8.18. The van der Waals surface area contributed by atoms with Gasteiger partial charge in [0.2, 0.25) is 5.84 Å². The van der Waals surface area contributed by atoms with E-state index in [-0.39, 0.29) is 0 Å². The number of nitrogens with zero attached hydrogens (tertiary/aromatic N) is 3. The van der Waals surface area contributed by atoms with Gasteiger partial charge < -0.3 is 9.72 Å². The summed E-state index contributed by atoms with van der Waals surface area (Å²) in [5.74, 6) is 1.12. The van der Waals surface area contributed by atoms with Crippen molar-refractivity contribution in [3.05, 3.63) is 90.6 Å². The van der Waals surface area contributed by atoms with Crippen molar-refractivity contribution in [3.8, 4) is 5.75 Å². The molecule has 1 aromatic heterocycles. The highest BCUT2D eigenvalue weighted by Gasteiger charge is 2.11. The Kier molecular flexibility index (Phi) is 5.11. The molecule has 0 spiro atoms. The van der Waals surface area contributed by atoms with Crippen molar-refractivity contribution in [3.63, 3.8) is 0 Å². The first-order valence-electron chi connectivity index (χ1n) is 8.85. The van der Waals surface area contributed by atoms with Gasteiger partial charge in [-0.1, -0.05) is 48.5 Å². The number of fused-ring (bicyclic) bond motifs is 1. The lowest BCUT2D eigenvalue weighted by Crippen LogP contribution is -2.00. The van der Waals surface area contributed by atoms with Crippen LogP contribution in [0.15, 0.2) is 100 Å². The summed E-state index contributed by atoms with van der Waals surface area (Å²) in [5.41, 5.74) is 6.43. The number of ether oxygens (including phenoxy) is 1.